The lowest BCUT2D eigenvalue weighted by Gasteiger charge is -2.06. The van der Waals surface area contributed by atoms with Crippen LogP contribution in [0, 0.1) is 19.7 Å². The van der Waals surface area contributed by atoms with Crippen molar-refractivity contribution in [3.05, 3.63) is 58.9 Å². The van der Waals surface area contributed by atoms with Gasteiger partial charge in [0.1, 0.15) is 17.3 Å². The summed E-state index contributed by atoms with van der Waals surface area (Å²) in [5.41, 5.74) is 2.11. The van der Waals surface area contributed by atoms with Crippen LogP contribution in [0.1, 0.15) is 27.6 Å². The van der Waals surface area contributed by atoms with Gasteiger partial charge in [-0.1, -0.05) is 12.1 Å². The van der Waals surface area contributed by atoms with Gasteiger partial charge in [0, 0.05) is 12.2 Å². The number of hydrogen-bond donors (Lipinski definition) is 1. The standard InChI is InChI=1S/C15H16FN3O/c1-10-9-14(19-11(2)18-10)15(20)17-8-7-12-3-5-13(16)6-4-12/h3-6,9H,7-8H2,1-2H3,(H,17,20). The first kappa shape index (κ1) is 14.1. The summed E-state index contributed by atoms with van der Waals surface area (Å²) in [6.45, 7) is 4.05. The van der Waals surface area contributed by atoms with Gasteiger partial charge in [-0.3, -0.25) is 4.79 Å². The highest BCUT2D eigenvalue weighted by molar-refractivity contribution is 5.92. The lowest BCUT2D eigenvalue weighted by atomic mass is 10.1. The van der Waals surface area contributed by atoms with E-state index in [1.165, 1.54) is 12.1 Å². The minimum atomic E-state index is -0.260. The molecule has 0 aliphatic rings. The zero-order valence-electron chi connectivity index (χ0n) is 11.5. The molecule has 0 aliphatic carbocycles. The molecule has 4 nitrogen and oxygen atoms in total. The SMILES string of the molecule is Cc1cc(C(=O)NCCc2ccc(F)cc2)nc(C)n1. The summed E-state index contributed by atoms with van der Waals surface area (Å²) < 4.78 is 12.8. The predicted molar refractivity (Wildman–Crippen MR) is 73.9 cm³/mol. The van der Waals surface area contributed by atoms with Crippen molar-refractivity contribution >= 4 is 5.91 Å². The number of rotatable bonds is 4. The van der Waals surface area contributed by atoms with Gasteiger partial charge in [-0.05, 0) is 44.0 Å². The molecule has 0 unspecified atom stereocenters. The summed E-state index contributed by atoms with van der Waals surface area (Å²) in [5.74, 6) is 0.0964. The third kappa shape index (κ3) is 3.85. The Balaban J connectivity index is 1.90. The van der Waals surface area contributed by atoms with Gasteiger partial charge in [-0.25, -0.2) is 14.4 Å². The molecule has 1 aromatic carbocycles. The van der Waals surface area contributed by atoms with Gasteiger partial charge in [0.25, 0.3) is 5.91 Å². The molecule has 2 aromatic rings. The van der Waals surface area contributed by atoms with Crippen molar-refractivity contribution in [1.29, 1.82) is 0 Å². The number of aromatic nitrogens is 2. The van der Waals surface area contributed by atoms with E-state index in [1.54, 1.807) is 25.1 Å². The van der Waals surface area contributed by atoms with Crippen molar-refractivity contribution in [3.8, 4) is 0 Å². The summed E-state index contributed by atoms with van der Waals surface area (Å²) in [5, 5.41) is 2.79. The van der Waals surface area contributed by atoms with Gasteiger partial charge in [0.2, 0.25) is 0 Å². The van der Waals surface area contributed by atoms with Gasteiger partial charge in [0.15, 0.2) is 0 Å². The number of halogens is 1. The lowest BCUT2D eigenvalue weighted by Crippen LogP contribution is -2.27. The highest BCUT2D eigenvalue weighted by Crippen LogP contribution is 2.03. The number of carbonyl (C=O) groups excluding carboxylic acids is 1. The summed E-state index contributed by atoms with van der Waals surface area (Å²) in [7, 11) is 0. The molecule has 2 rings (SSSR count). The topological polar surface area (TPSA) is 54.9 Å². The van der Waals surface area contributed by atoms with Crippen LogP contribution in [0.25, 0.3) is 0 Å². The molecule has 20 heavy (non-hydrogen) atoms. The number of amides is 1. The number of benzene rings is 1. The smallest absolute Gasteiger partial charge is 0.270 e. The molecule has 0 saturated carbocycles. The first-order chi connectivity index (χ1) is 9.54. The van der Waals surface area contributed by atoms with Crippen molar-refractivity contribution in [2.75, 3.05) is 6.54 Å². The maximum absolute atomic E-state index is 12.8. The number of nitrogens with one attached hydrogen (secondary N) is 1. The first-order valence-electron chi connectivity index (χ1n) is 6.39. The fraction of sp³-hybridized carbons (Fsp3) is 0.267. The second kappa shape index (κ2) is 6.23. The number of aryl methyl sites for hydroxylation is 2. The Morgan fingerprint density at radius 3 is 2.55 bits per heavy atom. The van der Waals surface area contributed by atoms with Crippen molar-refractivity contribution in [1.82, 2.24) is 15.3 Å². The van der Waals surface area contributed by atoms with Gasteiger partial charge in [0.05, 0.1) is 0 Å². The molecule has 0 aliphatic heterocycles. The van der Waals surface area contributed by atoms with E-state index in [-0.39, 0.29) is 11.7 Å². The summed E-state index contributed by atoms with van der Waals surface area (Å²) in [6.07, 6.45) is 0.648. The molecule has 0 spiro atoms. The molecule has 0 fully saturated rings. The Bertz CT molecular complexity index is 591. The quantitative estimate of drug-likeness (QED) is 0.929. The van der Waals surface area contributed by atoms with Crippen LogP contribution in [-0.4, -0.2) is 22.4 Å². The van der Waals surface area contributed by atoms with Crippen molar-refractivity contribution in [2.45, 2.75) is 20.3 Å². The van der Waals surface area contributed by atoms with Crippen LogP contribution in [0.4, 0.5) is 4.39 Å². The zero-order chi connectivity index (χ0) is 14.5. The third-order valence-corrected chi connectivity index (χ3v) is 2.81. The van der Waals surface area contributed by atoms with E-state index in [0.29, 0.717) is 24.5 Å². The molecule has 1 aromatic heterocycles. The van der Waals surface area contributed by atoms with E-state index in [2.05, 4.69) is 15.3 Å². The Kier molecular flexibility index (Phi) is 4.40. The van der Waals surface area contributed by atoms with E-state index >= 15 is 0 Å². The fourth-order valence-corrected chi connectivity index (χ4v) is 1.90. The summed E-state index contributed by atoms with van der Waals surface area (Å²) in [6, 6.07) is 7.89. The predicted octanol–water partition coefficient (Wildman–Crippen LogP) is 2.21. The fourth-order valence-electron chi connectivity index (χ4n) is 1.90. The minimum absolute atomic E-state index is 0.222. The minimum Gasteiger partial charge on any atom is -0.350 e. The van der Waals surface area contributed by atoms with Crippen LogP contribution in [0.15, 0.2) is 30.3 Å². The van der Waals surface area contributed by atoms with E-state index in [4.69, 9.17) is 0 Å². The maximum Gasteiger partial charge on any atom is 0.270 e. The molecule has 1 heterocycles. The van der Waals surface area contributed by atoms with Gasteiger partial charge in [-0.2, -0.15) is 0 Å². The molecule has 0 saturated heterocycles. The number of hydrogen-bond acceptors (Lipinski definition) is 3. The number of carbonyl (C=O) groups is 1. The second-order valence-corrected chi connectivity index (χ2v) is 4.57. The first-order valence-corrected chi connectivity index (χ1v) is 6.39. The van der Waals surface area contributed by atoms with E-state index < -0.39 is 0 Å². The Labute approximate surface area is 117 Å². The van der Waals surface area contributed by atoms with Gasteiger partial charge < -0.3 is 5.32 Å². The normalized spacial score (nSPS) is 10.3. The van der Waals surface area contributed by atoms with Crippen LogP contribution in [0.5, 0.6) is 0 Å². The lowest BCUT2D eigenvalue weighted by molar-refractivity contribution is 0.0948. The summed E-state index contributed by atoms with van der Waals surface area (Å²) in [4.78, 5) is 20.2. The molecular formula is C15H16FN3O. The van der Waals surface area contributed by atoms with Crippen LogP contribution < -0.4 is 5.32 Å². The Hall–Kier alpha value is -2.30. The third-order valence-electron chi connectivity index (χ3n) is 2.81. The van der Waals surface area contributed by atoms with Crippen LogP contribution in [-0.2, 0) is 6.42 Å². The van der Waals surface area contributed by atoms with E-state index in [1.807, 2.05) is 6.92 Å². The molecule has 104 valence electrons. The van der Waals surface area contributed by atoms with Gasteiger partial charge >= 0.3 is 0 Å². The molecule has 5 heteroatoms. The second-order valence-electron chi connectivity index (χ2n) is 4.57. The average Bonchev–Trinajstić information content (AvgIpc) is 2.40. The maximum atomic E-state index is 12.8. The van der Waals surface area contributed by atoms with Crippen LogP contribution in [0.3, 0.4) is 0 Å². The zero-order valence-corrected chi connectivity index (χ0v) is 11.5. The Morgan fingerprint density at radius 2 is 1.90 bits per heavy atom. The molecule has 0 radical (unpaired) electrons. The molecule has 0 bridgehead atoms. The van der Waals surface area contributed by atoms with E-state index in [0.717, 1.165) is 11.3 Å². The number of nitrogens with zero attached hydrogens (tertiary/aromatic N) is 2. The molecular weight excluding hydrogens is 257 g/mol. The average molecular weight is 273 g/mol. The van der Waals surface area contributed by atoms with Crippen molar-refractivity contribution in [2.24, 2.45) is 0 Å². The molecule has 1 amide bonds. The van der Waals surface area contributed by atoms with Crippen LogP contribution in [0.2, 0.25) is 0 Å². The van der Waals surface area contributed by atoms with E-state index in [9.17, 15) is 9.18 Å². The highest BCUT2D eigenvalue weighted by Gasteiger charge is 2.08. The van der Waals surface area contributed by atoms with Crippen molar-refractivity contribution < 1.29 is 9.18 Å². The van der Waals surface area contributed by atoms with Gasteiger partial charge in [-0.15, -0.1) is 0 Å². The largest absolute Gasteiger partial charge is 0.350 e. The monoisotopic (exact) mass is 273 g/mol. The molecule has 0 atom stereocenters. The molecule has 1 N–H and O–H groups in total. The highest BCUT2D eigenvalue weighted by atomic mass is 19.1. The summed E-state index contributed by atoms with van der Waals surface area (Å²) >= 11 is 0. The van der Waals surface area contributed by atoms with Crippen LogP contribution >= 0.6 is 0 Å². The Morgan fingerprint density at radius 1 is 1.20 bits per heavy atom. The van der Waals surface area contributed by atoms with Crippen molar-refractivity contribution in [3.63, 3.8) is 0 Å².